The molecule has 0 amide bonds. The minimum absolute atomic E-state index is 0.508. The van der Waals surface area contributed by atoms with Crippen LogP contribution in [-0.2, 0) is 0 Å². The van der Waals surface area contributed by atoms with Crippen molar-refractivity contribution >= 4 is 0 Å². The third kappa shape index (κ3) is 1.12. The highest BCUT2D eigenvalue weighted by Crippen LogP contribution is 2.09. The lowest BCUT2D eigenvalue weighted by Gasteiger charge is -2.18. The Labute approximate surface area is 57.3 Å². The van der Waals surface area contributed by atoms with Crippen molar-refractivity contribution in [2.75, 3.05) is 6.73 Å². The van der Waals surface area contributed by atoms with Crippen LogP contribution < -0.4 is 5.32 Å². The number of nitrogens with zero attached hydrogens (tertiary/aromatic N) is 1. The second kappa shape index (κ2) is 2.79. The first-order chi connectivity index (χ1) is 4.66. The number of aliphatic hydroxyl groups is 4. The maximum absolute atomic E-state index is 8.92. The van der Waals surface area contributed by atoms with E-state index in [1.54, 1.807) is 0 Å². The Hall–Kier alpha value is -0.240. The summed E-state index contributed by atoms with van der Waals surface area (Å²) in [5, 5.41) is 37.3. The van der Waals surface area contributed by atoms with Gasteiger partial charge >= 0.3 is 0 Å². The molecule has 1 rings (SSSR count). The average molecular weight is 150 g/mol. The first-order valence-electron chi connectivity index (χ1n) is 2.83. The molecule has 60 valence electrons. The van der Waals surface area contributed by atoms with E-state index in [1.807, 2.05) is 0 Å². The molecule has 1 fully saturated rings. The fourth-order valence-corrected chi connectivity index (χ4v) is 0.822. The summed E-state index contributed by atoms with van der Waals surface area (Å²) in [6, 6.07) is 0. The molecule has 3 unspecified atom stereocenters. The molecule has 6 heteroatoms. The summed E-state index contributed by atoms with van der Waals surface area (Å²) in [7, 11) is 0. The van der Waals surface area contributed by atoms with Gasteiger partial charge in [-0.1, -0.05) is 0 Å². The van der Waals surface area contributed by atoms with Crippen molar-refractivity contribution < 1.29 is 20.4 Å². The van der Waals surface area contributed by atoms with E-state index >= 15 is 0 Å². The zero-order chi connectivity index (χ0) is 7.72. The summed E-state index contributed by atoms with van der Waals surface area (Å²) in [5.74, 6) is 0. The van der Waals surface area contributed by atoms with E-state index in [0.29, 0.717) is 0 Å². The average Bonchev–Trinajstić information content (AvgIpc) is 2.09. The topological polar surface area (TPSA) is 96.2 Å². The van der Waals surface area contributed by atoms with Gasteiger partial charge in [-0.2, -0.15) is 0 Å². The highest BCUT2D eigenvalue weighted by Gasteiger charge is 2.36. The van der Waals surface area contributed by atoms with E-state index in [2.05, 4.69) is 5.32 Å². The molecule has 10 heavy (non-hydrogen) atoms. The van der Waals surface area contributed by atoms with Gasteiger partial charge in [0.1, 0.15) is 13.0 Å². The van der Waals surface area contributed by atoms with Crippen molar-refractivity contribution in [1.29, 1.82) is 0 Å². The van der Waals surface area contributed by atoms with Crippen molar-refractivity contribution in [1.82, 2.24) is 10.2 Å². The summed E-state index contributed by atoms with van der Waals surface area (Å²) in [6.45, 7) is -0.508. The Kier molecular flexibility index (Phi) is 2.19. The van der Waals surface area contributed by atoms with Crippen LogP contribution in [0, 0.1) is 0 Å². The highest BCUT2D eigenvalue weighted by atomic mass is 16.4. The number of aliphatic hydroxyl groups excluding tert-OH is 4. The predicted octanol–water partition coefficient (Wildman–Crippen LogP) is -3.25. The van der Waals surface area contributed by atoms with E-state index in [0.717, 1.165) is 4.90 Å². The summed E-state index contributed by atoms with van der Waals surface area (Å²) >= 11 is 0. The summed E-state index contributed by atoms with van der Waals surface area (Å²) in [6.07, 6.45) is -3.64. The lowest BCUT2D eigenvalue weighted by atomic mass is 10.5. The number of hydrogen-bond acceptors (Lipinski definition) is 6. The molecule has 0 bridgehead atoms. The van der Waals surface area contributed by atoms with Crippen molar-refractivity contribution in [2.24, 2.45) is 0 Å². The Morgan fingerprint density at radius 2 is 1.90 bits per heavy atom. The molecule has 0 radical (unpaired) electrons. The Morgan fingerprint density at radius 3 is 2.10 bits per heavy atom. The maximum Gasteiger partial charge on any atom is 0.169 e. The van der Waals surface area contributed by atoms with E-state index in [1.165, 1.54) is 0 Å². The van der Waals surface area contributed by atoms with Crippen LogP contribution in [0.4, 0.5) is 0 Å². The molecule has 5 N–H and O–H groups in total. The van der Waals surface area contributed by atoms with Gasteiger partial charge in [0.15, 0.2) is 12.6 Å². The zero-order valence-corrected chi connectivity index (χ0v) is 5.18. The largest absolute Gasteiger partial charge is 0.381 e. The number of hydrogen-bond donors (Lipinski definition) is 5. The van der Waals surface area contributed by atoms with Crippen LogP contribution in [0.5, 0.6) is 0 Å². The molecule has 0 aliphatic carbocycles. The molecule has 0 aromatic rings. The fraction of sp³-hybridized carbons (Fsp3) is 1.00. The molecule has 1 aliphatic heterocycles. The SMILES string of the molecule is OCN1C(O)NC(O)C1O. The van der Waals surface area contributed by atoms with Crippen LogP contribution in [0.3, 0.4) is 0 Å². The highest BCUT2D eigenvalue weighted by molar-refractivity contribution is 4.75. The van der Waals surface area contributed by atoms with Crippen molar-refractivity contribution in [3.63, 3.8) is 0 Å². The second-order valence-electron chi connectivity index (χ2n) is 2.05. The Balaban J connectivity index is 2.55. The first kappa shape index (κ1) is 7.86. The first-order valence-corrected chi connectivity index (χ1v) is 2.83. The third-order valence-electron chi connectivity index (χ3n) is 1.42. The molecule has 3 atom stereocenters. The quantitative estimate of drug-likeness (QED) is 0.269. The van der Waals surface area contributed by atoms with E-state index in [4.69, 9.17) is 20.4 Å². The molecule has 6 nitrogen and oxygen atoms in total. The number of rotatable bonds is 1. The fourth-order valence-electron chi connectivity index (χ4n) is 0.822. The smallest absolute Gasteiger partial charge is 0.169 e. The van der Waals surface area contributed by atoms with Gasteiger partial charge in [0.25, 0.3) is 0 Å². The van der Waals surface area contributed by atoms with Gasteiger partial charge < -0.3 is 20.4 Å². The minimum atomic E-state index is -1.25. The van der Waals surface area contributed by atoms with Crippen molar-refractivity contribution in [2.45, 2.75) is 18.8 Å². The van der Waals surface area contributed by atoms with Crippen LogP contribution in [0.2, 0.25) is 0 Å². The summed E-state index contributed by atoms with van der Waals surface area (Å²) in [5.41, 5.74) is 0. The van der Waals surface area contributed by atoms with E-state index < -0.39 is 25.5 Å². The van der Waals surface area contributed by atoms with E-state index in [-0.39, 0.29) is 0 Å². The van der Waals surface area contributed by atoms with Gasteiger partial charge in [-0.15, -0.1) is 0 Å². The number of nitrogens with one attached hydrogen (secondary N) is 1. The molecule has 0 aromatic carbocycles. The van der Waals surface area contributed by atoms with Gasteiger partial charge in [-0.25, -0.2) is 4.90 Å². The molecule has 1 heterocycles. The molecule has 0 spiro atoms. The van der Waals surface area contributed by atoms with Crippen LogP contribution in [0.25, 0.3) is 0 Å². The molecule has 0 saturated carbocycles. The van der Waals surface area contributed by atoms with Gasteiger partial charge in [0.2, 0.25) is 0 Å². The molecular formula is C4H10N2O4. The molecular weight excluding hydrogens is 140 g/mol. The normalized spacial score (nSPS) is 42.6. The summed E-state index contributed by atoms with van der Waals surface area (Å²) in [4.78, 5) is 0.894. The molecule has 1 aliphatic rings. The Morgan fingerprint density at radius 1 is 1.30 bits per heavy atom. The van der Waals surface area contributed by atoms with Crippen molar-refractivity contribution in [3.8, 4) is 0 Å². The van der Waals surface area contributed by atoms with Gasteiger partial charge in [0.05, 0.1) is 0 Å². The lowest BCUT2D eigenvalue weighted by Crippen LogP contribution is -2.39. The lowest BCUT2D eigenvalue weighted by molar-refractivity contribution is -0.112. The second-order valence-corrected chi connectivity index (χ2v) is 2.05. The minimum Gasteiger partial charge on any atom is -0.381 e. The van der Waals surface area contributed by atoms with Gasteiger partial charge in [0, 0.05) is 0 Å². The zero-order valence-electron chi connectivity index (χ0n) is 5.18. The molecule has 1 saturated heterocycles. The van der Waals surface area contributed by atoms with Gasteiger partial charge in [-0.05, 0) is 0 Å². The maximum atomic E-state index is 8.92. The van der Waals surface area contributed by atoms with Crippen LogP contribution in [-0.4, -0.2) is 50.9 Å². The summed E-state index contributed by atoms with van der Waals surface area (Å²) < 4.78 is 0. The van der Waals surface area contributed by atoms with Crippen LogP contribution >= 0.6 is 0 Å². The van der Waals surface area contributed by atoms with Crippen LogP contribution in [0.15, 0.2) is 0 Å². The monoisotopic (exact) mass is 150 g/mol. The van der Waals surface area contributed by atoms with Gasteiger partial charge in [-0.3, -0.25) is 5.32 Å². The van der Waals surface area contributed by atoms with Crippen molar-refractivity contribution in [3.05, 3.63) is 0 Å². The Bertz CT molecular complexity index is 122. The predicted molar refractivity (Wildman–Crippen MR) is 30.1 cm³/mol. The standard InChI is InChI=1S/C4H10N2O4/c7-1-6-3(9)2(8)5-4(6)10/h2-5,7-10H,1H2. The molecule has 0 aromatic heterocycles. The van der Waals surface area contributed by atoms with E-state index in [9.17, 15) is 0 Å². The third-order valence-corrected chi connectivity index (χ3v) is 1.42. The van der Waals surface area contributed by atoms with Crippen LogP contribution in [0.1, 0.15) is 0 Å².